The highest BCUT2D eigenvalue weighted by Crippen LogP contribution is 2.35. The van der Waals surface area contributed by atoms with Crippen LogP contribution in [0.3, 0.4) is 0 Å². The van der Waals surface area contributed by atoms with Crippen LogP contribution in [0.2, 0.25) is 5.02 Å². The lowest BCUT2D eigenvalue weighted by Gasteiger charge is -2.20. The Morgan fingerprint density at radius 2 is 2.10 bits per heavy atom. The van der Waals surface area contributed by atoms with Crippen molar-refractivity contribution in [3.05, 3.63) is 35.0 Å². The Bertz CT molecular complexity index is 1150. The number of halogens is 1. The number of benzene rings is 1. The molecule has 1 N–H and O–H groups in total. The summed E-state index contributed by atoms with van der Waals surface area (Å²) in [5.41, 5.74) is 1.19. The van der Waals surface area contributed by atoms with E-state index in [0.717, 1.165) is 0 Å². The Kier molecular flexibility index (Phi) is 5.69. The summed E-state index contributed by atoms with van der Waals surface area (Å²) >= 11 is 6.08. The first-order chi connectivity index (χ1) is 14.7. The van der Waals surface area contributed by atoms with Gasteiger partial charge in [0.1, 0.15) is 11.6 Å². The number of ether oxygens (including phenoxy) is 1. The number of rotatable bonds is 5. The van der Waals surface area contributed by atoms with Crippen LogP contribution in [0.25, 0.3) is 0 Å². The molecule has 2 fully saturated rings. The Morgan fingerprint density at radius 3 is 2.77 bits per heavy atom. The molecule has 2 unspecified atom stereocenters. The van der Waals surface area contributed by atoms with Gasteiger partial charge in [0.15, 0.2) is 9.84 Å². The van der Waals surface area contributed by atoms with Crippen molar-refractivity contribution in [2.24, 2.45) is 5.92 Å². The minimum absolute atomic E-state index is 0.00123. The molecule has 0 radical (unpaired) electrons. The van der Waals surface area contributed by atoms with Crippen molar-refractivity contribution in [1.29, 1.82) is 0 Å². The second-order valence-electron chi connectivity index (χ2n) is 7.88. The number of amides is 2. The SMILES string of the molecule is COc1ccc(Cl)cc1N1CC(C(=O)Nc2cc(C)nn2C2CCS(=O)(=O)C2)CC1=O. The molecule has 0 saturated carbocycles. The monoisotopic (exact) mass is 466 g/mol. The van der Waals surface area contributed by atoms with Crippen LogP contribution >= 0.6 is 11.6 Å². The minimum Gasteiger partial charge on any atom is -0.495 e. The molecule has 2 aliphatic heterocycles. The van der Waals surface area contributed by atoms with Gasteiger partial charge in [-0.1, -0.05) is 11.6 Å². The van der Waals surface area contributed by atoms with Crippen LogP contribution in [-0.4, -0.2) is 55.2 Å². The van der Waals surface area contributed by atoms with Gasteiger partial charge in [-0.05, 0) is 31.5 Å². The molecule has 0 aliphatic carbocycles. The van der Waals surface area contributed by atoms with Gasteiger partial charge in [0.05, 0.1) is 42.0 Å². The van der Waals surface area contributed by atoms with Crippen LogP contribution in [0.5, 0.6) is 5.75 Å². The van der Waals surface area contributed by atoms with E-state index >= 15 is 0 Å². The summed E-state index contributed by atoms with van der Waals surface area (Å²) in [6.45, 7) is 1.97. The van der Waals surface area contributed by atoms with E-state index in [4.69, 9.17) is 16.3 Å². The molecule has 2 aromatic rings. The highest BCUT2D eigenvalue weighted by molar-refractivity contribution is 7.91. The van der Waals surface area contributed by atoms with Gasteiger partial charge in [-0.3, -0.25) is 9.59 Å². The Balaban J connectivity index is 1.51. The number of anilines is 2. The lowest BCUT2D eigenvalue weighted by molar-refractivity contribution is -0.122. The summed E-state index contributed by atoms with van der Waals surface area (Å²) in [7, 11) is -1.59. The van der Waals surface area contributed by atoms with Crippen molar-refractivity contribution in [3.63, 3.8) is 0 Å². The van der Waals surface area contributed by atoms with Crippen LogP contribution in [0.15, 0.2) is 24.3 Å². The lowest BCUT2D eigenvalue weighted by atomic mass is 10.1. The van der Waals surface area contributed by atoms with E-state index in [0.29, 0.717) is 34.4 Å². The van der Waals surface area contributed by atoms with Crippen molar-refractivity contribution in [2.75, 3.05) is 35.4 Å². The maximum Gasteiger partial charge on any atom is 0.230 e. The molecule has 2 atom stereocenters. The molecule has 4 rings (SSSR count). The fourth-order valence-corrected chi connectivity index (χ4v) is 5.93. The molecule has 0 spiro atoms. The summed E-state index contributed by atoms with van der Waals surface area (Å²) in [4.78, 5) is 27.1. The molecule has 1 aromatic heterocycles. The number of carbonyl (C=O) groups is 2. The molecule has 1 aromatic carbocycles. The van der Waals surface area contributed by atoms with E-state index < -0.39 is 15.8 Å². The van der Waals surface area contributed by atoms with Gasteiger partial charge in [-0.2, -0.15) is 5.10 Å². The molecule has 3 heterocycles. The van der Waals surface area contributed by atoms with E-state index in [-0.39, 0.29) is 42.3 Å². The average Bonchev–Trinajstić information content (AvgIpc) is 3.38. The quantitative estimate of drug-likeness (QED) is 0.723. The molecule has 166 valence electrons. The Hall–Kier alpha value is -2.59. The number of nitrogens with zero attached hydrogens (tertiary/aromatic N) is 3. The number of hydrogen-bond acceptors (Lipinski definition) is 6. The number of nitrogens with one attached hydrogen (secondary N) is 1. The zero-order valence-corrected chi connectivity index (χ0v) is 18.7. The van der Waals surface area contributed by atoms with E-state index in [1.54, 1.807) is 35.9 Å². The van der Waals surface area contributed by atoms with Gasteiger partial charge in [0, 0.05) is 24.1 Å². The fraction of sp³-hybridized carbons (Fsp3) is 0.450. The molecule has 31 heavy (non-hydrogen) atoms. The predicted molar refractivity (Wildman–Crippen MR) is 116 cm³/mol. The van der Waals surface area contributed by atoms with E-state index in [2.05, 4.69) is 10.4 Å². The van der Waals surface area contributed by atoms with Crippen molar-refractivity contribution < 1.29 is 22.7 Å². The minimum atomic E-state index is -3.10. The Morgan fingerprint density at radius 1 is 1.32 bits per heavy atom. The first-order valence-corrected chi connectivity index (χ1v) is 12.1. The van der Waals surface area contributed by atoms with E-state index in [9.17, 15) is 18.0 Å². The summed E-state index contributed by atoms with van der Waals surface area (Å²) < 4.78 is 30.6. The first kappa shape index (κ1) is 21.6. The number of carbonyl (C=O) groups excluding carboxylic acids is 2. The number of methoxy groups -OCH3 is 1. The largest absolute Gasteiger partial charge is 0.495 e. The van der Waals surface area contributed by atoms with E-state index in [1.165, 1.54) is 12.0 Å². The second-order valence-corrected chi connectivity index (χ2v) is 10.5. The summed E-state index contributed by atoms with van der Waals surface area (Å²) in [5, 5.41) is 7.68. The number of aromatic nitrogens is 2. The number of hydrogen-bond donors (Lipinski definition) is 1. The zero-order valence-electron chi connectivity index (χ0n) is 17.2. The highest BCUT2D eigenvalue weighted by Gasteiger charge is 2.37. The van der Waals surface area contributed by atoms with Crippen LogP contribution in [0, 0.1) is 12.8 Å². The van der Waals surface area contributed by atoms with Crippen molar-refractivity contribution in [1.82, 2.24) is 9.78 Å². The van der Waals surface area contributed by atoms with Crippen molar-refractivity contribution in [3.8, 4) is 5.75 Å². The van der Waals surface area contributed by atoms with Crippen molar-refractivity contribution >= 4 is 44.8 Å². The summed E-state index contributed by atoms with van der Waals surface area (Å²) in [6, 6.07) is 6.37. The van der Waals surface area contributed by atoms with Crippen LogP contribution < -0.4 is 15.0 Å². The van der Waals surface area contributed by atoms with Gasteiger partial charge < -0.3 is 15.0 Å². The molecular formula is C20H23ClN4O5S. The fourth-order valence-electron chi connectivity index (χ4n) is 4.08. The normalized spacial score (nSPS) is 22.7. The van der Waals surface area contributed by atoms with Gasteiger partial charge in [0.2, 0.25) is 11.8 Å². The van der Waals surface area contributed by atoms with Gasteiger partial charge >= 0.3 is 0 Å². The number of aryl methyl sites for hydroxylation is 1. The highest BCUT2D eigenvalue weighted by atomic mass is 35.5. The Labute approximate surface area is 185 Å². The average molecular weight is 467 g/mol. The summed E-state index contributed by atoms with van der Waals surface area (Å²) in [5.74, 6) is -0.0530. The van der Waals surface area contributed by atoms with Gasteiger partial charge in [-0.15, -0.1) is 0 Å². The molecule has 9 nitrogen and oxygen atoms in total. The first-order valence-electron chi connectivity index (χ1n) is 9.88. The summed E-state index contributed by atoms with van der Waals surface area (Å²) in [6.07, 6.45) is 0.503. The standard InChI is InChI=1S/C20H23ClN4O5S/c1-12-7-18(25(23-12)15-5-6-31(28,29)11-15)22-20(27)13-8-19(26)24(10-13)16-9-14(21)3-4-17(16)30-2/h3-4,7,9,13,15H,5-6,8,10-11H2,1-2H3,(H,22,27). The molecule has 2 amide bonds. The van der Waals surface area contributed by atoms with E-state index in [1.807, 2.05) is 0 Å². The van der Waals surface area contributed by atoms with Crippen LogP contribution in [0.1, 0.15) is 24.6 Å². The third-order valence-electron chi connectivity index (χ3n) is 5.59. The zero-order chi connectivity index (χ0) is 22.3. The van der Waals surface area contributed by atoms with Gasteiger partial charge in [0.25, 0.3) is 0 Å². The lowest BCUT2D eigenvalue weighted by Crippen LogP contribution is -2.29. The number of sulfone groups is 1. The third kappa shape index (κ3) is 4.40. The molecule has 11 heteroatoms. The predicted octanol–water partition coefficient (Wildman–Crippen LogP) is 2.20. The van der Waals surface area contributed by atoms with Crippen LogP contribution in [-0.2, 0) is 19.4 Å². The third-order valence-corrected chi connectivity index (χ3v) is 7.58. The second kappa shape index (κ2) is 8.16. The van der Waals surface area contributed by atoms with Crippen LogP contribution in [0.4, 0.5) is 11.5 Å². The molecule has 2 aliphatic rings. The molecule has 0 bridgehead atoms. The maximum absolute atomic E-state index is 13.0. The topological polar surface area (TPSA) is 111 Å². The van der Waals surface area contributed by atoms with Gasteiger partial charge in [-0.25, -0.2) is 13.1 Å². The smallest absolute Gasteiger partial charge is 0.230 e. The molecule has 2 saturated heterocycles. The molecular weight excluding hydrogens is 444 g/mol. The van der Waals surface area contributed by atoms with Crippen molar-refractivity contribution in [2.45, 2.75) is 25.8 Å². The maximum atomic E-state index is 13.0.